The van der Waals surface area contributed by atoms with Crippen molar-refractivity contribution in [2.75, 3.05) is 11.8 Å². The molecular formula is C6H10Cl2O. The van der Waals surface area contributed by atoms with Gasteiger partial charge in [-0.1, -0.05) is 6.08 Å². The van der Waals surface area contributed by atoms with Crippen LogP contribution in [0, 0.1) is 0 Å². The number of aliphatic hydroxyl groups is 1. The molecule has 1 N–H and O–H groups in total. The predicted molar refractivity (Wildman–Crippen MR) is 41.2 cm³/mol. The third-order valence-corrected chi connectivity index (χ3v) is 2.02. The fraction of sp³-hybridized carbons (Fsp3) is 0.667. The summed E-state index contributed by atoms with van der Waals surface area (Å²) in [6.45, 7) is 3.46. The van der Waals surface area contributed by atoms with E-state index in [0.717, 1.165) is 0 Å². The van der Waals surface area contributed by atoms with Gasteiger partial charge in [0.1, 0.15) is 0 Å². The molecule has 0 fully saturated rings. The zero-order valence-electron chi connectivity index (χ0n) is 5.11. The Kier molecular flexibility index (Phi) is 4.28. The lowest BCUT2D eigenvalue weighted by atomic mass is 10.1. The van der Waals surface area contributed by atoms with Crippen molar-refractivity contribution in [3.63, 3.8) is 0 Å². The van der Waals surface area contributed by atoms with E-state index in [1.807, 2.05) is 0 Å². The zero-order valence-corrected chi connectivity index (χ0v) is 6.62. The number of hydrogen-bond acceptors (Lipinski definition) is 1. The minimum atomic E-state index is -0.954. The van der Waals surface area contributed by atoms with Crippen molar-refractivity contribution >= 4 is 23.2 Å². The first-order valence-electron chi connectivity index (χ1n) is 2.64. The number of rotatable bonds is 4. The first-order chi connectivity index (χ1) is 4.18. The van der Waals surface area contributed by atoms with Crippen molar-refractivity contribution in [2.24, 2.45) is 0 Å². The minimum absolute atomic E-state index is 0.155. The topological polar surface area (TPSA) is 20.2 Å². The van der Waals surface area contributed by atoms with E-state index in [-0.39, 0.29) is 11.8 Å². The maximum atomic E-state index is 9.29. The molecule has 0 heterocycles. The summed E-state index contributed by atoms with van der Waals surface area (Å²) >= 11 is 10.8. The van der Waals surface area contributed by atoms with E-state index in [1.54, 1.807) is 6.08 Å². The molecule has 0 rings (SSSR count). The van der Waals surface area contributed by atoms with Crippen molar-refractivity contribution in [1.29, 1.82) is 0 Å². The molecule has 0 aliphatic rings. The van der Waals surface area contributed by atoms with Crippen LogP contribution in [-0.2, 0) is 0 Å². The summed E-state index contributed by atoms with van der Waals surface area (Å²) in [4.78, 5) is 0. The van der Waals surface area contributed by atoms with Crippen molar-refractivity contribution in [3.05, 3.63) is 12.7 Å². The van der Waals surface area contributed by atoms with Crippen LogP contribution in [0.4, 0.5) is 0 Å². The summed E-state index contributed by atoms with van der Waals surface area (Å²) in [7, 11) is 0. The van der Waals surface area contributed by atoms with E-state index >= 15 is 0 Å². The van der Waals surface area contributed by atoms with E-state index in [2.05, 4.69) is 6.58 Å². The Labute approximate surface area is 65.3 Å². The number of halogens is 2. The van der Waals surface area contributed by atoms with Crippen molar-refractivity contribution in [3.8, 4) is 0 Å². The van der Waals surface area contributed by atoms with Crippen LogP contribution in [-0.4, -0.2) is 22.5 Å². The molecule has 0 aliphatic carbocycles. The molecule has 0 saturated heterocycles. The number of hydrogen-bond donors (Lipinski definition) is 1. The van der Waals surface area contributed by atoms with Crippen LogP contribution in [0.3, 0.4) is 0 Å². The van der Waals surface area contributed by atoms with Crippen LogP contribution in [0.5, 0.6) is 0 Å². The van der Waals surface area contributed by atoms with Crippen LogP contribution in [0.25, 0.3) is 0 Å². The second-order valence-electron chi connectivity index (χ2n) is 1.98. The maximum absolute atomic E-state index is 9.29. The lowest BCUT2D eigenvalue weighted by Crippen LogP contribution is -2.32. The highest BCUT2D eigenvalue weighted by molar-refractivity contribution is 6.21. The normalized spacial score (nSPS) is 11.4. The lowest BCUT2D eigenvalue weighted by Gasteiger charge is -2.19. The highest BCUT2D eigenvalue weighted by Gasteiger charge is 2.22. The Hall–Kier alpha value is 0.280. The highest BCUT2D eigenvalue weighted by atomic mass is 35.5. The summed E-state index contributed by atoms with van der Waals surface area (Å²) < 4.78 is 0. The molecule has 0 aromatic heterocycles. The molecule has 0 spiro atoms. The van der Waals surface area contributed by atoms with Gasteiger partial charge in [-0.05, 0) is 6.42 Å². The van der Waals surface area contributed by atoms with E-state index in [0.29, 0.717) is 6.42 Å². The molecule has 0 aromatic carbocycles. The third-order valence-electron chi connectivity index (χ3n) is 1.02. The van der Waals surface area contributed by atoms with Gasteiger partial charge in [0.25, 0.3) is 0 Å². The molecule has 0 unspecified atom stereocenters. The molecule has 3 heteroatoms. The molecule has 0 saturated carbocycles. The van der Waals surface area contributed by atoms with Crippen LogP contribution in [0.2, 0.25) is 0 Å². The minimum Gasteiger partial charge on any atom is -0.387 e. The van der Waals surface area contributed by atoms with Crippen LogP contribution >= 0.6 is 23.2 Å². The highest BCUT2D eigenvalue weighted by Crippen LogP contribution is 2.14. The Bertz CT molecular complexity index is 89.1. The molecule has 0 atom stereocenters. The summed E-state index contributed by atoms with van der Waals surface area (Å²) in [5.41, 5.74) is -0.954. The van der Waals surface area contributed by atoms with Crippen LogP contribution in [0.1, 0.15) is 6.42 Å². The molecular weight excluding hydrogens is 159 g/mol. The van der Waals surface area contributed by atoms with Gasteiger partial charge in [0, 0.05) is 0 Å². The Morgan fingerprint density at radius 2 is 1.89 bits per heavy atom. The Balaban J connectivity index is 3.75. The van der Waals surface area contributed by atoms with E-state index in [1.165, 1.54) is 0 Å². The van der Waals surface area contributed by atoms with Crippen molar-refractivity contribution in [1.82, 2.24) is 0 Å². The van der Waals surface area contributed by atoms with Crippen molar-refractivity contribution < 1.29 is 5.11 Å². The lowest BCUT2D eigenvalue weighted by molar-refractivity contribution is 0.0913. The average molecular weight is 169 g/mol. The fourth-order valence-electron chi connectivity index (χ4n) is 0.413. The van der Waals surface area contributed by atoms with Gasteiger partial charge in [-0.3, -0.25) is 0 Å². The van der Waals surface area contributed by atoms with Crippen molar-refractivity contribution in [2.45, 2.75) is 12.0 Å². The van der Waals surface area contributed by atoms with Crippen LogP contribution < -0.4 is 0 Å². The SMILES string of the molecule is C=CCC(O)(CCl)CCl. The van der Waals surface area contributed by atoms with E-state index < -0.39 is 5.60 Å². The smallest absolute Gasteiger partial charge is 0.0951 e. The third kappa shape index (κ3) is 3.09. The van der Waals surface area contributed by atoms with Gasteiger partial charge < -0.3 is 5.11 Å². The Morgan fingerprint density at radius 3 is 2.00 bits per heavy atom. The standard InChI is InChI=1S/C6H10Cl2O/c1-2-3-6(9,4-7)5-8/h2,9H,1,3-5H2. The maximum Gasteiger partial charge on any atom is 0.0951 e. The molecule has 0 amide bonds. The molecule has 0 bridgehead atoms. The molecule has 0 aromatic rings. The second kappa shape index (κ2) is 4.15. The van der Waals surface area contributed by atoms with Gasteiger partial charge in [-0.25, -0.2) is 0 Å². The van der Waals surface area contributed by atoms with Gasteiger partial charge >= 0.3 is 0 Å². The number of alkyl halides is 2. The molecule has 9 heavy (non-hydrogen) atoms. The molecule has 54 valence electrons. The van der Waals surface area contributed by atoms with Crippen LogP contribution in [0.15, 0.2) is 12.7 Å². The first-order valence-corrected chi connectivity index (χ1v) is 3.70. The molecule has 0 radical (unpaired) electrons. The van der Waals surface area contributed by atoms with Gasteiger partial charge in [-0.2, -0.15) is 0 Å². The summed E-state index contributed by atoms with van der Waals surface area (Å²) in [6, 6.07) is 0. The van der Waals surface area contributed by atoms with E-state index in [4.69, 9.17) is 23.2 Å². The summed E-state index contributed by atoms with van der Waals surface area (Å²) in [6.07, 6.45) is 2.05. The predicted octanol–water partition coefficient (Wildman–Crippen LogP) is 1.77. The van der Waals surface area contributed by atoms with Gasteiger partial charge in [0.15, 0.2) is 0 Å². The molecule has 0 aliphatic heterocycles. The molecule has 1 nitrogen and oxygen atoms in total. The fourth-order valence-corrected chi connectivity index (χ4v) is 0.917. The van der Waals surface area contributed by atoms with Gasteiger partial charge in [-0.15, -0.1) is 29.8 Å². The average Bonchev–Trinajstić information content (AvgIpc) is 1.89. The van der Waals surface area contributed by atoms with E-state index in [9.17, 15) is 5.11 Å². The summed E-state index contributed by atoms with van der Waals surface area (Å²) in [5, 5.41) is 9.29. The first kappa shape index (κ1) is 9.28. The second-order valence-corrected chi connectivity index (χ2v) is 2.52. The van der Waals surface area contributed by atoms with Gasteiger partial charge in [0.05, 0.1) is 17.4 Å². The largest absolute Gasteiger partial charge is 0.387 e. The monoisotopic (exact) mass is 168 g/mol. The van der Waals surface area contributed by atoms with Gasteiger partial charge in [0.2, 0.25) is 0 Å². The summed E-state index contributed by atoms with van der Waals surface area (Å²) in [5.74, 6) is 0.311. The zero-order chi connectivity index (χ0) is 7.33. The Morgan fingerprint density at radius 1 is 1.44 bits per heavy atom. The quantitative estimate of drug-likeness (QED) is 0.502.